The Hall–Kier alpha value is -2.14. The van der Waals surface area contributed by atoms with Gasteiger partial charge in [0.05, 0.1) is 6.61 Å². The number of carbonyl (C=O) groups excluding carboxylic acids is 1. The van der Waals surface area contributed by atoms with Gasteiger partial charge in [-0.3, -0.25) is 4.79 Å². The highest BCUT2D eigenvalue weighted by atomic mass is 16.5. The van der Waals surface area contributed by atoms with Crippen molar-refractivity contribution in [2.24, 2.45) is 0 Å². The summed E-state index contributed by atoms with van der Waals surface area (Å²) in [6.45, 7) is 1.96. The number of carboxylic acid groups (broad SMARTS) is 1. The molecule has 0 fully saturated rings. The lowest BCUT2D eigenvalue weighted by Crippen LogP contribution is -2.42. The topological polar surface area (TPSA) is 75.6 Å². The van der Waals surface area contributed by atoms with Crippen molar-refractivity contribution in [2.45, 2.75) is 26.0 Å². The number of rotatable bonds is 8. The molecular formula is C15H19NO4. The molecule has 0 heterocycles. The number of benzene rings is 1. The molecule has 1 aromatic rings. The van der Waals surface area contributed by atoms with E-state index < -0.39 is 17.9 Å². The highest BCUT2D eigenvalue weighted by Gasteiger charge is 2.18. The van der Waals surface area contributed by atoms with E-state index in [0.717, 1.165) is 5.56 Å². The fraction of sp³-hybridized carbons (Fsp3) is 0.333. The van der Waals surface area contributed by atoms with Crippen LogP contribution in [-0.2, 0) is 20.9 Å². The van der Waals surface area contributed by atoms with Gasteiger partial charge in [0.2, 0.25) is 5.91 Å². The molecule has 1 rings (SSSR count). The van der Waals surface area contributed by atoms with Gasteiger partial charge in [-0.05, 0) is 18.9 Å². The summed E-state index contributed by atoms with van der Waals surface area (Å²) >= 11 is 0. The third-order valence-corrected chi connectivity index (χ3v) is 2.59. The minimum atomic E-state index is -1.06. The quantitative estimate of drug-likeness (QED) is 0.710. The molecule has 5 nitrogen and oxygen atoms in total. The van der Waals surface area contributed by atoms with Crippen molar-refractivity contribution in [3.05, 3.63) is 48.0 Å². The number of allylic oxidation sites excluding steroid dienone is 1. The summed E-state index contributed by atoms with van der Waals surface area (Å²) in [5, 5.41) is 11.4. The predicted molar refractivity (Wildman–Crippen MR) is 75.1 cm³/mol. The largest absolute Gasteiger partial charge is 0.480 e. The molecule has 5 heteroatoms. The maximum absolute atomic E-state index is 11.6. The summed E-state index contributed by atoms with van der Waals surface area (Å²) in [5.74, 6) is -1.49. The van der Waals surface area contributed by atoms with Gasteiger partial charge in [0.1, 0.15) is 12.6 Å². The summed E-state index contributed by atoms with van der Waals surface area (Å²) in [5.41, 5.74) is 0.962. The third-order valence-electron chi connectivity index (χ3n) is 2.59. The maximum Gasteiger partial charge on any atom is 0.326 e. The molecule has 0 bridgehead atoms. The Morgan fingerprint density at radius 3 is 2.65 bits per heavy atom. The van der Waals surface area contributed by atoms with Crippen LogP contribution in [-0.4, -0.2) is 29.6 Å². The van der Waals surface area contributed by atoms with Gasteiger partial charge >= 0.3 is 5.97 Å². The first-order valence-electron chi connectivity index (χ1n) is 6.38. The summed E-state index contributed by atoms with van der Waals surface area (Å²) in [7, 11) is 0. The smallest absolute Gasteiger partial charge is 0.326 e. The van der Waals surface area contributed by atoms with E-state index >= 15 is 0 Å². The first kappa shape index (κ1) is 15.9. The fourth-order valence-electron chi connectivity index (χ4n) is 1.57. The molecule has 1 amide bonds. The molecule has 0 saturated carbocycles. The van der Waals surface area contributed by atoms with Crippen molar-refractivity contribution in [3.63, 3.8) is 0 Å². The van der Waals surface area contributed by atoms with E-state index in [9.17, 15) is 9.59 Å². The van der Waals surface area contributed by atoms with Crippen LogP contribution in [0.3, 0.4) is 0 Å². The molecule has 20 heavy (non-hydrogen) atoms. The number of carboxylic acids is 1. The normalized spacial score (nSPS) is 12.2. The second-order valence-electron chi connectivity index (χ2n) is 4.24. The van der Waals surface area contributed by atoms with E-state index in [0.29, 0.717) is 6.61 Å². The minimum absolute atomic E-state index is 0.158. The predicted octanol–water partition coefficient (Wildman–Crippen LogP) is 1.74. The summed E-state index contributed by atoms with van der Waals surface area (Å²) in [6.07, 6.45) is 3.70. The molecule has 0 spiro atoms. The zero-order valence-electron chi connectivity index (χ0n) is 11.4. The van der Waals surface area contributed by atoms with Crippen molar-refractivity contribution < 1.29 is 19.4 Å². The SMILES string of the molecule is C/C=C/CC(NC(=O)COCc1ccccc1)C(=O)O. The number of hydrogen-bond donors (Lipinski definition) is 2. The number of carbonyl (C=O) groups is 2. The maximum atomic E-state index is 11.6. The van der Waals surface area contributed by atoms with E-state index in [-0.39, 0.29) is 13.0 Å². The van der Waals surface area contributed by atoms with E-state index in [4.69, 9.17) is 9.84 Å². The average Bonchev–Trinajstić information content (AvgIpc) is 2.44. The summed E-state index contributed by atoms with van der Waals surface area (Å²) in [6, 6.07) is 8.54. The van der Waals surface area contributed by atoms with Crippen molar-refractivity contribution in [2.75, 3.05) is 6.61 Å². The van der Waals surface area contributed by atoms with E-state index in [2.05, 4.69) is 5.32 Å². The highest BCUT2D eigenvalue weighted by molar-refractivity contribution is 5.84. The van der Waals surface area contributed by atoms with Crippen LogP contribution in [0.25, 0.3) is 0 Å². The van der Waals surface area contributed by atoms with Crippen LogP contribution in [0.15, 0.2) is 42.5 Å². The number of amides is 1. The van der Waals surface area contributed by atoms with Gasteiger partial charge in [0, 0.05) is 0 Å². The molecule has 1 aromatic carbocycles. The number of nitrogens with one attached hydrogen (secondary N) is 1. The van der Waals surface area contributed by atoms with Crippen LogP contribution in [0.4, 0.5) is 0 Å². The van der Waals surface area contributed by atoms with Crippen molar-refractivity contribution in [3.8, 4) is 0 Å². The van der Waals surface area contributed by atoms with Gasteiger partial charge in [-0.25, -0.2) is 4.79 Å². The molecule has 0 radical (unpaired) electrons. The standard InChI is InChI=1S/C15H19NO4/c1-2-3-9-13(15(18)19)16-14(17)11-20-10-12-7-5-4-6-8-12/h2-8,13H,9-11H2,1H3,(H,16,17)(H,18,19)/b3-2+. The molecule has 1 unspecified atom stereocenters. The average molecular weight is 277 g/mol. The van der Waals surface area contributed by atoms with Gasteiger partial charge in [-0.2, -0.15) is 0 Å². The second kappa shape index (κ2) is 8.87. The number of aliphatic carboxylic acids is 1. The lowest BCUT2D eigenvalue weighted by atomic mass is 10.2. The van der Waals surface area contributed by atoms with Gasteiger partial charge in [-0.15, -0.1) is 0 Å². The molecule has 0 aliphatic rings. The van der Waals surface area contributed by atoms with E-state index in [1.165, 1.54) is 0 Å². The molecule has 0 saturated heterocycles. The Bertz CT molecular complexity index is 456. The van der Waals surface area contributed by atoms with Gasteiger partial charge in [0.15, 0.2) is 0 Å². The Kier molecular flexibility index (Phi) is 7.06. The second-order valence-corrected chi connectivity index (χ2v) is 4.24. The lowest BCUT2D eigenvalue weighted by Gasteiger charge is -2.12. The van der Waals surface area contributed by atoms with Crippen LogP contribution in [0.1, 0.15) is 18.9 Å². The summed E-state index contributed by atoms with van der Waals surface area (Å²) < 4.78 is 5.24. The van der Waals surface area contributed by atoms with Crippen LogP contribution < -0.4 is 5.32 Å². The van der Waals surface area contributed by atoms with Crippen molar-refractivity contribution in [1.29, 1.82) is 0 Å². The molecule has 108 valence electrons. The Balaban J connectivity index is 2.33. The van der Waals surface area contributed by atoms with Gasteiger partial charge in [-0.1, -0.05) is 42.5 Å². The van der Waals surface area contributed by atoms with E-state index in [1.54, 1.807) is 19.1 Å². The van der Waals surface area contributed by atoms with Crippen LogP contribution in [0, 0.1) is 0 Å². The van der Waals surface area contributed by atoms with Crippen molar-refractivity contribution in [1.82, 2.24) is 5.32 Å². The fourth-order valence-corrected chi connectivity index (χ4v) is 1.57. The molecule has 0 aliphatic heterocycles. The number of ether oxygens (including phenoxy) is 1. The highest BCUT2D eigenvalue weighted by Crippen LogP contribution is 2.00. The van der Waals surface area contributed by atoms with Gasteiger partial charge in [0.25, 0.3) is 0 Å². The third kappa shape index (κ3) is 6.15. The molecule has 2 N–H and O–H groups in total. The van der Waals surface area contributed by atoms with Gasteiger partial charge < -0.3 is 15.2 Å². The zero-order valence-corrected chi connectivity index (χ0v) is 11.4. The van der Waals surface area contributed by atoms with Crippen molar-refractivity contribution >= 4 is 11.9 Å². The first-order valence-corrected chi connectivity index (χ1v) is 6.38. The number of hydrogen-bond acceptors (Lipinski definition) is 3. The zero-order chi connectivity index (χ0) is 14.8. The van der Waals surface area contributed by atoms with Crippen LogP contribution in [0.2, 0.25) is 0 Å². The molecule has 0 aromatic heterocycles. The Morgan fingerprint density at radius 1 is 1.35 bits per heavy atom. The molecule has 1 atom stereocenters. The summed E-state index contributed by atoms with van der Waals surface area (Å²) in [4.78, 5) is 22.5. The minimum Gasteiger partial charge on any atom is -0.480 e. The monoisotopic (exact) mass is 277 g/mol. The Labute approximate surface area is 118 Å². The van der Waals surface area contributed by atoms with Crippen LogP contribution >= 0.6 is 0 Å². The molecule has 0 aliphatic carbocycles. The molecular weight excluding hydrogens is 258 g/mol. The lowest BCUT2D eigenvalue weighted by molar-refractivity contribution is -0.142. The Morgan fingerprint density at radius 2 is 2.05 bits per heavy atom. The van der Waals surface area contributed by atoms with Crippen LogP contribution in [0.5, 0.6) is 0 Å². The van der Waals surface area contributed by atoms with E-state index in [1.807, 2.05) is 30.3 Å². The first-order chi connectivity index (χ1) is 9.63.